The highest BCUT2D eigenvalue weighted by Crippen LogP contribution is 2.40. The summed E-state index contributed by atoms with van der Waals surface area (Å²) in [7, 11) is 0. The molecule has 4 heteroatoms. The van der Waals surface area contributed by atoms with Crippen molar-refractivity contribution in [1.29, 1.82) is 0 Å². The van der Waals surface area contributed by atoms with Gasteiger partial charge in [0.25, 0.3) is 0 Å². The van der Waals surface area contributed by atoms with Gasteiger partial charge in [-0.1, -0.05) is 43.2 Å². The smallest absolute Gasteiger partial charge is 0.244 e. The van der Waals surface area contributed by atoms with Crippen LogP contribution in [0.3, 0.4) is 0 Å². The van der Waals surface area contributed by atoms with E-state index >= 15 is 0 Å². The maximum absolute atomic E-state index is 12.3. The fraction of sp³-hybridized carbons (Fsp3) is 0.346. The summed E-state index contributed by atoms with van der Waals surface area (Å²) in [6.45, 7) is 11.3. The Labute approximate surface area is 178 Å². The van der Waals surface area contributed by atoms with Crippen LogP contribution in [0.25, 0.3) is 27.7 Å². The summed E-state index contributed by atoms with van der Waals surface area (Å²) in [6, 6.07) is 10.5. The molecule has 0 atom stereocenters. The highest BCUT2D eigenvalue weighted by atomic mass is 16.5. The standard InChI is InChI=1S/C26H31NO3/c1-6-8-13-27-24(28)14-18(4)21-15-22-23(20-11-9-17(3)10-12-20)16-30-26(22)19(5)25(21)29-7-2/h9-12,14-16H,6-8,13H2,1-5H3,(H,27,28)/b18-14+. The first kappa shape index (κ1) is 21.7. The zero-order valence-corrected chi connectivity index (χ0v) is 18.6. The number of unbranched alkanes of at least 4 members (excludes halogenated alkanes) is 1. The summed E-state index contributed by atoms with van der Waals surface area (Å²) >= 11 is 0. The predicted octanol–water partition coefficient (Wildman–Crippen LogP) is 6.43. The van der Waals surface area contributed by atoms with Gasteiger partial charge in [-0.2, -0.15) is 0 Å². The average molecular weight is 406 g/mol. The number of fused-ring (bicyclic) bond motifs is 1. The minimum Gasteiger partial charge on any atom is -0.493 e. The lowest BCUT2D eigenvalue weighted by atomic mass is 9.96. The van der Waals surface area contributed by atoms with Crippen molar-refractivity contribution in [2.75, 3.05) is 13.2 Å². The van der Waals surface area contributed by atoms with Crippen molar-refractivity contribution in [3.05, 3.63) is 59.4 Å². The number of hydrogen-bond donors (Lipinski definition) is 1. The van der Waals surface area contributed by atoms with Crippen LogP contribution in [0.4, 0.5) is 0 Å². The maximum atomic E-state index is 12.3. The van der Waals surface area contributed by atoms with Crippen LogP contribution in [0.1, 0.15) is 50.3 Å². The van der Waals surface area contributed by atoms with Gasteiger partial charge >= 0.3 is 0 Å². The van der Waals surface area contributed by atoms with Crippen molar-refractivity contribution in [3.8, 4) is 16.9 Å². The van der Waals surface area contributed by atoms with Gasteiger partial charge < -0.3 is 14.5 Å². The summed E-state index contributed by atoms with van der Waals surface area (Å²) in [5.41, 5.74) is 6.91. The van der Waals surface area contributed by atoms with Crippen LogP contribution in [0.2, 0.25) is 0 Å². The Morgan fingerprint density at radius 3 is 2.57 bits per heavy atom. The van der Waals surface area contributed by atoms with E-state index in [1.807, 2.05) is 20.8 Å². The fourth-order valence-electron chi connectivity index (χ4n) is 3.61. The summed E-state index contributed by atoms with van der Waals surface area (Å²) < 4.78 is 11.9. The third-order valence-electron chi connectivity index (χ3n) is 5.30. The summed E-state index contributed by atoms with van der Waals surface area (Å²) in [5, 5.41) is 3.97. The number of amides is 1. The van der Waals surface area contributed by atoms with E-state index in [1.165, 1.54) is 5.56 Å². The summed E-state index contributed by atoms with van der Waals surface area (Å²) in [4.78, 5) is 12.3. The number of rotatable bonds is 8. The molecule has 1 aromatic heterocycles. The van der Waals surface area contributed by atoms with Gasteiger partial charge in [0, 0.05) is 34.7 Å². The largest absolute Gasteiger partial charge is 0.493 e. The van der Waals surface area contributed by atoms with Crippen molar-refractivity contribution in [2.24, 2.45) is 0 Å². The zero-order valence-electron chi connectivity index (χ0n) is 18.6. The summed E-state index contributed by atoms with van der Waals surface area (Å²) in [5.74, 6) is 0.692. The normalized spacial score (nSPS) is 11.7. The fourth-order valence-corrected chi connectivity index (χ4v) is 3.61. The van der Waals surface area contributed by atoms with Gasteiger partial charge in [-0.15, -0.1) is 0 Å². The molecule has 3 aromatic rings. The Balaban J connectivity index is 2.09. The molecule has 0 unspecified atom stereocenters. The molecule has 158 valence electrons. The second-order valence-electron chi connectivity index (χ2n) is 7.68. The van der Waals surface area contributed by atoms with E-state index < -0.39 is 0 Å². The van der Waals surface area contributed by atoms with Gasteiger partial charge in [0.15, 0.2) is 0 Å². The van der Waals surface area contributed by atoms with Gasteiger partial charge in [-0.05, 0) is 51.3 Å². The van der Waals surface area contributed by atoms with Crippen molar-refractivity contribution >= 4 is 22.4 Å². The van der Waals surface area contributed by atoms with Crippen LogP contribution >= 0.6 is 0 Å². The zero-order chi connectivity index (χ0) is 21.7. The van der Waals surface area contributed by atoms with E-state index in [4.69, 9.17) is 9.15 Å². The van der Waals surface area contributed by atoms with Crippen LogP contribution in [-0.2, 0) is 4.79 Å². The van der Waals surface area contributed by atoms with E-state index in [9.17, 15) is 4.79 Å². The number of nitrogens with one attached hydrogen (secondary N) is 1. The molecule has 0 bridgehead atoms. The molecule has 1 heterocycles. The molecule has 0 radical (unpaired) electrons. The highest BCUT2D eigenvalue weighted by Gasteiger charge is 2.19. The van der Waals surface area contributed by atoms with E-state index in [2.05, 4.69) is 49.5 Å². The molecular weight excluding hydrogens is 374 g/mol. The van der Waals surface area contributed by atoms with E-state index in [-0.39, 0.29) is 5.91 Å². The molecule has 0 spiro atoms. The first-order valence-electron chi connectivity index (χ1n) is 10.7. The number of furan rings is 1. The predicted molar refractivity (Wildman–Crippen MR) is 124 cm³/mol. The number of ether oxygens (including phenoxy) is 1. The van der Waals surface area contributed by atoms with Gasteiger partial charge in [-0.25, -0.2) is 0 Å². The van der Waals surface area contributed by atoms with Crippen molar-refractivity contribution in [3.63, 3.8) is 0 Å². The van der Waals surface area contributed by atoms with E-state index in [0.717, 1.165) is 57.4 Å². The molecule has 2 aromatic carbocycles. The quantitative estimate of drug-likeness (QED) is 0.347. The van der Waals surface area contributed by atoms with Gasteiger partial charge in [-0.3, -0.25) is 4.79 Å². The number of hydrogen-bond acceptors (Lipinski definition) is 3. The lowest BCUT2D eigenvalue weighted by Gasteiger charge is -2.15. The molecule has 0 saturated heterocycles. The Morgan fingerprint density at radius 1 is 1.17 bits per heavy atom. The lowest BCUT2D eigenvalue weighted by molar-refractivity contribution is -0.116. The van der Waals surface area contributed by atoms with E-state index in [1.54, 1.807) is 12.3 Å². The van der Waals surface area contributed by atoms with Crippen LogP contribution in [-0.4, -0.2) is 19.1 Å². The van der Waals surface area contributed by atoms with Gasteiger partial charge in [0.1, 0.15) is 11.3 Å². The summed E-state index contributed by atoms with van der Waals surface area (Å²) in [6.07, 6.45) is 5.49. The Hall–Kier alpha value is -3.01. The van der Waals surface area contributed by atoms with Gasteiger partial charge in [0.2, 0.25) is 5.91 Å². The number of carbonyl (C=O) groups excluding carboxylic acids is 1. The molecule has 0 aliphatic carbocycles. The molecule has 0 aliphatic heterocycles. The minimum atomic E-state index is -0.0768. The van der Waals surface area contributed by atoms with Gasteiger partial charge in [0.05, 0.1) is 12.9 Å². The average Bonchev–Trinajstić information content (AvgIpc) is 3.15. The van der Waals surface area contributed by atoms with E-state index in [0.29, 0.717) is 13.2 Å². The molecule has 1 N–H and O–H groups in total. The molecule has 0 fully saturated rings. The number of allylic oxidation sites excluding steroid dienone is 1. The molecule has 0 saturated carbocycles. The monoisotopic (exact) mass is 405 g/mol. The van der Waals surface area contributed by atoms with Crippen LogP contribution in [0.5, 0.6) is 5.75 Å². The second-order valence-corrected chi connectivity index (χ2v) is 7.68. The third-order valence-corrected chi connectivity index (χ3v) is 5.30. The molecule has 0 aliphatic rings. The lowest BCUT2D eigenvalue weighted by Crippen LogP contribution is -2.22. The maximum Gasteiger partial charge on any atom is 0.244 e. The SMILES string of the molecule is CCCCNC(=O)/C=C(\C)c1cc2c(-c3ccc(C)cc3)coc2c(C)c1OCC. The number of benzene rings is 2. The Bertz CT molecular complexity index is 1060. The topological polar surface area (TPSA) is 51.5 Å². The first-order valence-corrected chi connectivity index (χ1v) is 10.7. The Kier molecular flexibility index (Phi) is 6.99. The van der Waals surface area contributed by atoms with Crippen LogP contribution in [0.15, 0.2) is 47.1 Å². The molecule has 30 heavy (non-hydrogen) atoms. The molecule has 3 rings (SSSR count). The highest BCUT2D eigenvalue weighted by molar-refractivity contribution is 6.01. The Morgan fingerprint density at radius 2 is 1.90 bits per heavy atom. The second kappa shape index (κ2) is 9.66. The third kappa shape index (κ3) is 4.59. The van der Waals surface area contributed by atoms with Crippen molar-refractivity contribution in [2.45, 2.75) is 47.5 Å². The van der Waals surface area contributed by atoms with Crippen LogP contribution < -0.4 is 10.1 Å². The minimum absolute atomic E-state index is 0.0768. The van der Waals surface area contributed by atoms with Crippen molar-refractivity contribution in [1.82, 2.24) is 5.32 Å². The van der Waals surface area contributed by atoms with Crippen LogP contribution in [0, 0.1) is 13.8 Å². The molecule has 4 nitrogen and oxygen atoms in total. The number of aryl methyl sites for hydroxylation is 2. The van der Waals surface area contributed by atoms with Crippen molar-refractivity contribution < 1.29 is 13.9 Å². The molecule has 1 amide bonds. The molecular formula is C26H31NO3. The number of carbonyl (C=O) groups is 1. The first-order chi connectivity index (χ1) is 14.5.